The maximum absolute atomic E-state index is 12.0. The molecule has 0 bridgehead atoms. The van der Waals surface area contributed by atoms with Crippen molar-refractivity contribution in [2.45, 2.75) is 39.2 Å². The molecule has 19 heavy (non-hydrogen) atoms. The maximum Gasteiger partial charge on any atom is 0.239 e. The number of benzene rings is 1. The predicted octanol–water partition coefficient (Wildman–Crippen LogP) is 1.94. The maximum atomic E-state index is 12.0. The molecular formula is C15H23N3O. The van der Waals surface area contributed by atoms with E-state index in [0.717, 1.165) is 37.2 Å². The van der Waals surface area contributed by atoms with Crippen molar-refractivity contribution in [3.8, 4) is 0 Å². The zero-order chi connectivity index (χ0) is 13.8. The molecule has 0 radical (unpaired) electrons. The van der Waals surface area contributed by atoms with Gasteiger partial charge < -0.3 is 16.0 Å². The van der Waals surface area contributed by atoms with Gasteiger partial charge in [0.15, 0.2) is 0 Å². The van der Waals surface area contributed by atoms with E-state index in [1.807, 2.05) is 12.1 Å². The Morgan fingerprint density at radius 3 is 3.05 bits per heavy atom. The smallest absolute Gasteiger partial charge is 0.239 e. The molecule has 4 nitrogen and oxygen atoms in total. The van der Waals surface area contributed by atoms with Crippen molar-refractivity contribution >= 4 is 17.3 Å². The van der Waals surface area contributed by atoms with E-state index in [1.54, 1.807) is 0 Å². The third kappa shape index (κ3) is 3.40. The Labute approximate surface area is 115 Å². The minimum absolute atomic E-state index is 0.0937. The van der Waals surface area contributed by atoms with Gasteiger partial charge in [0.1, 0.15) is 0 Å². The summed E-state index contributed by atoms with van der Waals surface area (Å²) in [6.07, 6.45) is 3.10. The fourth-order valence-electron chi connectivity index (χ4n) is 2.63. The van der Waals surface area contributed by atoms with Crippen molar-refractivity contribution in [1.82, 2.24) is 5.32 Å². The highest BCUT2D eigenvalue weighted by Crippen LogP contribution is 2.29. The number of amides is 1. The number of nitrogens with one attached hydrogen (secondary N) is 1. The molecule has 0 aromatic heterocycles. The summed E-state index contributed by atoms with van der Waals surface area (Å²) in [5.74, 6) is 0.0937. The minimum Gasteiger partial charge on any atom is -0.399 e. The second-order valence-electron chi connectivity index (χ2n) is 5.32. The number of nitrogen functional groups attached to an aromatic ring is 1. The molecule has 1 aromatic carbocycles. The summed E-state index contributed by atoms with van der Waals surface area (Å²) >= 11 is 0. The molecule has 1 aromatic rings. The summed E-state index contributed by atoms with van der Waals surface area (Å²) in [5.41, 5.74) is 8.96. The molecule has 1 aliphatic rings. The molecule has 0 fully saturated rings. The standard InChI is InChI=1S/C15H23N3O/c1-3-4-11(2)17-15(19)10-18-8-7-12-5-6-13(16)9-14(12)18/h5-6,9,11H,3-4,7-8,10,16H2,1-2H3,(H,17,19). The predicted molar refractivity (Wildman–Crippen MR) is 79.3 cm³/mol. The topological polar surface area (TPSA) is 58.4 Å². The van der Waals surface area contributed by atoms with Gasteiger partial charge in [-0.1, -0.05) is 19.4 Å². The van der Waals surface area contributed by atoms with Gasteiger partial charge in [0, 0.05) is 24.0 Å². The van der Waals surface area contributed by atoms with Crippen molar-refractivity contribution < 1.29 is 4.79 Å². The van der Waals surface area contributed by atoms with Crippen LogP contribution in [-0.4, -0.2) is 25.0 Å². The summed E-state index contributed by atoms with van der Waals surface area (Å²) < 4.78 is 0. The molecule has 2 rings (SSSR count). The quantitative estimate of drug-likeness (QED) is 0.796. The molecule has 1 heterocycles. The Morgan fingerprint density at radius 2 is 2.32 bits per heavy atom. The van der Waals surface area contributed by atoms with Gasteiger partial charge >= 0.3 is 0 Å². The fourth-order valence-corrected chi connectivity index (χ4v) is 2.63. The first-order valence-corrected chi connectivity index (χ1v) is 7.03. The number of hydrogen-bond acceptors (Lipinski definition) is 3. The van der Waals surface area contributed by atoms with E-state index in [-0.39, 0.29) is 11.9 Å². The van der Waals surface area contributed by atoms with Gasteiger partial charge in [-0.2, -0.15) is 0 Å². The van der Waals surface area contributed by atoms with Crippen LogP contribution in [0.2, 0.25) is 0 Å². The molecule has 1 aliphatic heterocycles. The molecule has 0 saturated heterocycles. The van der Waals surface area contributed by atoms with Gasteiger partial charge in [-0.05, 0) is 37.5 Å². The Hall–Kier alpha value is -1.71. The molecule has 1 unspecified atom stereocenters. The summed E-state index contributed by atoms with van der Waals surface area (Å²) in [6, 6.07) is 6.19. The lowest BCUT2D eigenvalue weighted by Crippen LogP contribution is -2.40. The summed E-state index contributed by atoms with van der Waals surface area (Å²) in [7, 11) is 0. The van der Waals surface area contributed by atoms with Crippen LogP contribution < -0.4 is 16.0 Å². The molecule has 104 valence electrons. The third-order valence-electron chi connectivity index (χ3n) is 3.56. The van der Waals surface area contributed by atoms with Crippen LogP contribution in [0.1, 0.15) is 32.3 Å². The number of carbonyl (C=O) groups excluding carboxylic acids is 1. The lowest BCUT2D eigenvalue weighted by molar-refractivity contribution is -0.120. The van der Waals surface area contributed by atoms with Crippen LogP contribution in [0.25, 0.3) is 0 Å². The van der Waals surface area contributed by atoms with Crippen molar-refractivity contribution in [1.29, 1.82) is 0 Å². The van der Waals surface area contributed by atoms with E-state index in [2.05, 4.69) is 30.1 Å². The van der Waals surface area contributed by atoms with Crippen LogP contribution in [0.4, 0.5) is 11.4 Å². The molecule has 0 aliphatic carbocycles. The monoisotopic (exact) mass is 261 g/mol. The van der Waals surface area contributed by atoms with Gasteiger partial charge in [-0.3, -0.25) is 4.79 Å². The van der Waals surface area contributed by atoms with Crippen LogP contribution in [0.15, 0.2) is 18.2 Å². The van der Waals surface area contributed by atoms with Crippen LogP contribution in [-0.2, 0) is 11.2 Å². The highest BCUT2D eigenvalue weighted by Gasteiger charge is 2.21. The van der Waals surface area contributed by atoms with Gasteiger partial charge in [0.05, 0.1) is 6.54 Å². The fraction of sp³-hybridized carbons (Fsp3) is 0.533. The van der Waals surface area contributed by atoms with Gasteiger partial charge in [-0.15, -0.1) is 0 Å². The lowest BCUT2D eigenvalue weighted by Gasteiger charge is -2.21. The second-order valence-corrected chi connectivity index (χ2v) is 5.32. The summed E-state index contributed by atoms with van der Waals surface area (Å²) in [5, 5.41) is 3.04. The molecule has 4 heteroatoms. The first-order valence-electron chi connectivity index (χ1n) is 7.03. The summed E-state index contributed by atoms with van der Waals surface area (Å²) in [6.45, 7) is 5.50. The van der Waals surface area contributed by atoms with E-state index < -0.39 is 0 Å². The van der Waals surface area contributed by atoms with E-state index in [9.17, 15) is 4.79 Å². The highest BCUT2D eigenvalue weighted by molar-refractivity contribution is 5.83. The van der Waals surface area contributed by atoms with E-state index in [0.29, 0.717) is 6.54 Å². The number of anilines is 2. The Balaban J connectivity index is 1.95. The molecular weight excluding hydrogens is 238 g/mol. The minimum atomic E-state index is 0.0937. The number of fused-ring (bicyclic) bond motifs is 1. The lowest BCUT2D eigenvalue weighted by atomic mass is 10.1. The van der Waals surface area contributed by atoms with E-state index in [1.165, 1.54) is 5.56 Å². The van der Waals surface area contributed by atoms with Crippen LogP contribution in [0.5, 0.6) is 0 Å². The number of nitrogens with zero attached hydrogens (tertiary/aromatic N) is 1. The Bertz CT molecular complexity index is 459. The first kappa shape index (κ1) is 13.7. The van der Waals surface area contributed by atoms with Crippen LogP contribution in [0, 0.1) is 0 Å². The van der Waals surface area contributed by atoms with Gasteiger partial charge in [0.2, 0.25) is 5.91 Å². The van der Waals surface area contributed by atoms with Crippen molar-refractivity contribution in [3.63, 3.8) is 0 Å². The summed E-state index contributed by atoms with van der Waals surface area (Å²) in [4.78, 5) is 14.1. The van der Waals surface area contributed by atoms with Gasteiger partial charge in [0.25, 0.3) is 0 Å². The number of carbonyl (C=O) groups is 1. The largest absolute Gasteiger partial charge is 0.399 e. The molecule has 1 amide bonds. The van der Waals surface area contributed by atoms with Crippen molar-refractivity contribution in [3.05, 3.63) is 23.8 Å². The first-order chi connectivity index (χ1) is 9.10. The second kappa shape index (κ2) is 5.95. The Kier molecular flexibility index (Phi) is 4.30. The van der Waals surface area contributed by atoms with Crippen LogP contribution in [0.3, 0.4) is 0 Å². The number of hydrogen-bond donors (Lipinski definition) is 2. The average Bonchev–Trinajstić information content (AvgIpc) is 2.72. The molecule has 3 N–H and O–H groups in total. The van der Waals surface area contributed by atoms with Crippen molar-refractivity contribution in [2.24, 2.45) is 0 Å². The third-order valence-corrected chi connectivity index (χ3v) is 3.56. The SMILES string of the molecule is CCCC(C)NC(=O)CN1CCc2ccc(N)cc21. The number of nitrogens with two attached hydrogens (primary N) is 1. The Morgan fingerprint density at radius 1 is 1.53 bits per heavy atom. The zero-order valence-electron chi connectivity index (χ0n) is 11.8. The van der Waals surface area contributed by atoms with E-state index in [4.69, 9.17) is 5.73 Å². The average molecular weight is 261 g/mol. The van der Waals surface area contributed by atoms with Crippen LogP contribution >= 0.6 is 0 Å². The van der Waals surface area contributed by atoms with Crippen molar-refractivity contribution in [2.75, 3.05) is 23.7 Å². The van der Waals surface area contributed by atoms with Gasteiger partial charge in [-0.25, -0.2) is 0 Å². The highest BCUT2D eigenvalue weighted by atomic mass is 16.2. The zero-order valence-corrected chi connectivity index (χ0v) is 11.8. The molecule has 1 atom stereocenters. The normalized spacial score (nSPS) is 15.2. The molecule has 0 saturated carbocycles. The van der Waals surface area contributed by atoms with E-state index >= 15 is 0 Å². The molecule has 0 spiro atoms. The number of rotatable bonds is 5.